The van der Waals surface area contributed by atoms with Crippen LogP contribution in [0, 0.1) is 0 Å². The fourth-order valence-corrected chi connectivity index (χ4v) is 2.01. The Kier molecular flexibility index (Phi) is 4.27. The predicted molar refractivity (Wildman–Crippen MR) is 67.0 cm³/mol. The van der Waals surface area contributed by atoms with Crippen molar-refractivity contribution in [1.29, 1.82) is 0 Å². The molecule has 0 saturated carbocycles. The van der Waals surface area contributed by atoms with Crippen LogP contribution in [0.5, 0.6) is 0 Å². The van der Waals surface area contributed by atoms with Crippen LogP contribution in [0.2, 0.25) is 0 Å². The first-order valence-electron chi connectivity index (χ1n) is 5.14. The van der Waals surface area contributed by atoms with E-state index in [9.17, 15) is 4.79 Å². The van der Waals surface area contributed by atoms with Crippen LogP contribution in [0.3, 0.4) is 0 Å². The SMILES string of the molecule is CCN(c1ccc(SC)[nH]c1=O)C(C)C. The molecule has 0 spiro atoms. The lowest BCUT2D eigenvalue weighted by molar-refractivity contribution is 0.698. The number of hydrogen-bond donors (Lipinski definition) is 1. The van der Waals surface area contributed by atoms with E-state index in [2.05, 4.69) is 30.7 Å². The third-order valence-corrected chi connectivity index (χ3v) is 3.03. The van der Waals surface area contributed by atoms with Gasteiger partial charge in [-0.2, -0.15) is 0 Å². The lowest BCUT2D eigenvalue weighted by Crippen LogP contribution is -2.34. The molecule has 84 valence electrons. The minimum Gasteiger partial charge on any atom is -0.365 e. The summed E-state index contributed by atoms with van der Waals surface area (Å²) in [6.07, 6.45) is 1.95. The van der Waals surface area contributed by atoms with Crippen LogP contribution in [-0.4, -0.2) is 23.8 Å². The molecule has 1 aromatic rings. The van der Waals surface area contributed by atoms with E-state index in [1.54, 1.807) is 11.8 Å². The molecule has 0 fully saturated rings. The summed E-state index contributed by atoms with van der Waals surface area (Å²) in [5, 5.41) is 0.906. The van der Waals surface area contributed by atoms with E-state index in [4.69, 9.17) is 0 Å². The molecule has 0 unspecified atom stereocenters. The number of pyridine rings is 1. The Balaban J connectivity index is 3.09. The van der Waals surface area contributed by atoms with Gasteiger partial charge in [-0.3, -0.25) is 4.79 Å². The molecular weight excluding hydrogens is 208 g/mol. The molecule has 0 bridgehead atoms. The number of anilines is 1. The van der Waals surface area contributed by atoms with Gasteiger partial charge >= 0.3 is 0 Å². The smallest absolute Gasteiger partial charge is 0.272 e. The lowest BCUT2D eigenvalue weighted by Gasteiger charge is -2.26. The Labute approximate surface area is 94.9 Å². The van der Waals surface area contributed by atoms with Crippen LogP contribution in [0.4, 0.5) is 5.69 Å². The Morgan fingerprint density at radius 3 is 2.53 bits per heavy atom. The fraction of sp³-hybridized carbons (Fsp3) is 0.545. The van der Waals surface area contributed by atoms with Gasteiger partial charge in [-0.25, -0.2) is 0 Å². The van der Waals surface area contributed by atoms with Crippen molar-refractivity contribution in [2.75, 3.05) is 17.7 Å². The van der Waals surface area contributed by atoms with Crippen molar-refractivity contribution >= 4 is 17.4 Å². The van der Waals surface area contributed by atoms with Crippen molar-refractivity contribution in [1.82, 2.24) is 4.98 Å². The molecule has 1 heterocycles. The Hall–Kier alpha value is -0.900. The second-order valence-corrected chi connectivity index (χ2v) is 4.47. The summed E-state index contributed by atoms with van der Waals surface area (Å²) >= 11 is 1.55. The van der Waals surface area contributed by atoms with E-state index in [0.717, 1.165) is 17.3 Å². The molecule has 0 amide bonds. The van der Waals surface area contributed by atoms with Gasteiger partial charge in [0, 0.05) is 12.6 Å². The van der Waals surface area contributed by atoms with E-state index in [-0.39, 0.29) is 5.56 Å². The molecule has 1 rings (SSSR count). The van der Waals surface area contributed by atoms with E-state index < -0.39 is 0 Å². The summed E-state index contributed by atoms with van der Waals surface area (Å²) in [6.45, 7) is 7.08. The number of nitrogens with one attached hydrogen (secondary N) is 1. The zero-order valence-corrected chi connectivity index (χ0v) is 10.5. The summed E-state index contributed by atoms with van der Waals surface area (Å²) in [6, 6.07) is 4.19. The average molecular weight is 226 g/mol. The average Bonchev–Trinajstić information content (AvgIpc) is 2.20. The quantitative estimate of drug-likeness (QED) is 0.800. The zero-order chi connectivity index (χ0) is 11.4. The topological polar surface area (TPSA) is 36.1 Å². The number of rotatable bonds is 4. The minimum absolute atomic E-state index is 0.00241. The van der Waals surface area contributed by atoms with Crippen molar-refractivity contribution < 1.29 is 0 Å². The van der Waals surface area contributed by atoms with Gasteiger partial charge in [-0.15, -0.1) is 11.8 Å². The van der Waals surface area contributed by atoms with Gasteiger partial charge in [-0.1, -0.05) is 0 Å². The van der Waals surface area contributed by atoms with Gasteiger partial charge in [0.2, 0.25) is 0 Å². The van der Waals surface area contributed by atoms with Gasteiger partial charge in [0.1, 0.15) is 5.69 Å². The lowest BCUT2D eigenvalue weighted by atomic mass is 10.2. The van der Waals surface area contributed by atoms with Crippen molar-refractivity contribution in [3.63, 3.8) is 0 Å². The molecule has 0 radical (unpaired) electrons. The molecule has 0 aliphatic rings. The monoisotopic (exact) mass is 226 g/mol. The number of nitrogens with zero attached hydrogens (tertiary/aromatic N) is 1. The molecule has 0 aliphatic carbocycles. The summed E-state index contributed by atoms with van der Waals surface area (Å²) in [5.74, 6) is 0. The van der Waals surface area contributed by atoms with E-state index >= 15 is 0 Å². The summed E-state index contributed by atoms with van der Waals surface area (Å²) in [5.41, 5.74) is 0.753. The highest BCUT2D eigenvalue weighted by Crippen LogP contribution is 2.15. The van der Waals surface area contributed by atoms with E-state index in [1.165, 1.54) is 0 Å². The highest BCUT2D eigenvalue weighted by Gasteiger charge is 2.11. The van der Waals surface area contributed by atoms with E-state index in [0.29, 0.717) is 6.04 Å². The Bertz CT molecular complexity index is 373. The summed E-state index contributed by atoms with van der Waals surface area (Å²) in [4.78, 5) is 16.7. The minimum atomic E-state index is -0.00241. The maximum atomic E-state index is 11.8. The van der Waals surface area contributed by atoms with Crippen molar-refractivity contribution in [3.8, 4) is 0 Å². The van der Waals surface area contributed by atoms with Crippen molar-refractivity contribution in [2.24, 2.45) is 0 Å². The Morgan fingerprint density at radius 1 is 1.47 bits per heavy atom. The van der Waals surface area contributed by atoms with E-state index in [1.807, 2.05) is 18.4 Å². The van der Waals surface area contributed by atoms with Crippen LogP contribution >= 0.6 is 11.8 Å². The van der Waals surface area contributed by atoms with Crippen LogP contribution < -0.4 is 10.5 Å². The molecule has 1 N–H and O–H groups in total. The predicted octanol–water partition coefficient (Wildman–Crippen LogP) is 2.33. The van der Waals surface area contributed by atoms with Gasteiger partial charge in [0.05, 0.1) is 5.03 Å². The van der Waals surface area contributed by atoms with Gasteiger partial charge in [0.25, 0.3) is 5.56 Å². The largest absolute Gasteiger partial charge is 0.365 e. The standard InChI is InChI=1S/C11H18N2OS/c1-5-13(8(2)3)9-6-7-10(15-4)12-11(9)14/h6-8H,5H2,1-4H3,(H,12,14). The second-order valence-electron chi connectivity index (χ2n) is 3.62. The highest BCUT2D eigenvalue weighted by molar-refractivity contribution is 7.98. The van der Waals surface area contributed by atoms with Crippen molar-refractivity contribution in [2.45, 2.75) is 31.8 Å². The van der Waals surface area contributed by atoms with Crippen LogP contribution in [0.1, 0.15) is 20.8 Å². The van der Waals surface area contributed by atoms with Crippen molar-refractivity contribution in [3.05, 3.63) is 22.5 Å². The third-order valence-electron chi connectivity index (χ3n) is 2.36. The molecule has 0 saturated heterocycles. The van der Waals surface area contributed by atoms with Crippen LogP contribution in [0.25, 0.3) is 0 Å². The van der Waals surface area contributed by atoms with Gasteiger partial charge < -0.3 is 9.88 Å². The molecule has 0 aromatic carbocycles. The maximum Gasteiger partial charge on any atom is 0.272 e. The van der Waals surface area contributed by atoms with Gasteiger partial charge in [-0.05, 0) is 39.2 Å². The summed E-state index contributed by atoms with van der Waals surface area (Å²) in [7, 11) is 0. The number of aromatic amines is 1. The fourth-order valence-electron chi connectivity index (χ4n) is 1.61. The first-order chi connectivity index (χ1) is 7.10. The molecule has 3 nitrogen and oxygen atoms in total. The molecular formula is C11H18N2OS. The maximum absolute atomic E-state index is 11.8. The second kappa shape index (κ2) is 5.26. The third kappa shape index (κ3) is 2.78. The first kappa shape index (κ1) is 12.2. The van der Waals surface area contributed by atoms with Gasteiger partial charge in [0.15, 0.2) is 0 Å². The molecule has 15 heavy (non-hydrogen) atoms. The molecule has 0 atom stereocenters. The highest BCUT2D eigenvalue weighted by atomic mass is 32.2. The molecule has 4 heteroatoms. The normalized spacial score (nSPS) is 10.7. The molecule has 1 aromatic heterocycles. The van der Waals surface area contributed by atoms with Crippen LogP contribution in [0.15, 0.2) is 22.0 Å². The number of hydrogen-bond acceptors (Lipinski definition) is 3. The molecule has 0 aliphatic heterocycles. The zero-order valence-electron chi connectivity index (χ0n) is 9.70. The first-order valence-corrected chi connectivity index (χ1v) is 6.36. The Morgan fingerprint density at radius 2 is 2.13 bits per heavy atom. The van der Waals surface area contributed by atoms with Crippen LogP contribution in [-0.2, 0) is 0 Å². The summed E-state index contributed by atoms with van der Waals surface area (Å²) < 4.78 is 0. The number of aromatic nitrogens is 1. The number of thioether (sulfide) groups is 1. The number of H-pyrrole nitrogens is 1.